The second-order valence-electron chi connectivity index (χ2n) is 11.4. The van der Waals surface area contributed by atoms with E-state index in [9.17, 15) is 9.90 Å². The summed E-state index contributed by atoms with van der Waals surface area (Å²) in [6, 6.07) is 15.5. The number of imidazole rings is 1. The molecule has 1 aliphatic carbocycles. The Hall–Kier alpha value is -3.73. The van der Waals surface area contributed by atoms with Gasteiger partial charge in [-0.25, -0.2) is 9.97 Å². The number of aromatic nitrogens is 3. The van der Waals surface area contributed by atoms with E-state index in [2.05, 4.69) is 15.6 Å². The number of methoxy groups -OCH3 is 1. The molecule has 2 aromatic heterocycles. The first kappa shape index (κ1) is 28.4. The molecule has 222 valence electrons. The topological polar surface area (TPSA) is 118 Å². The molecular weight excluding hydrogens is 532 g/mol. The van der Waals surface area contributed by atoms with Gasteiger partial charge >= 0.3 is 0 Å². The molecule has 0 spiro atoms. The van der Waals surface area contributed by atoms with Gasteiger partial charge in [-0.1, -0.05) is 50.1 Å². The lowest BCUT2D eigenvalue weighted by Crippen LogP contribution is -2.56. The van der Waals surface area contributed by atoms with E-state index >= 15 is 0 Å². The predicted octanol–water partition coefficient (Wildman–Crippen LogP) is 4.27. The van der Waals surface area contributed by atoms with E-state index in [1.807, 2.05) is 64.9 Å². The van der Waals surface area contributed by atoms with Crippen molar-refractivity contribution in [2.45, 2.75) is 56.7 Å². The van der Waals surface area contributed by atoms with Gasteiger partial charge in [0.1, 0.15) is 11.1 Å². The van der Waals surface area contributed by atoms with E-state index in [0.29, 0.717) is 38.3 Å². The highest BCUT2D eigenvalue weighted by molar-refractivity contribution is 5.98. The highest BCUT2D eigenvalue weighted by Gasteiger charge is 2.42. The maximum absolute atomic E-state index is 14.3. The minimum atomic E-state index is -1.03. The fourth-order valence-corrected chi connectivity index (χ4v) is 6.47. The summed E-state index contributed by atoms with van der Waals surface area (Å²) in [7, 11) is 1.62. The predicted molar refractivity (Wildman–Crippen MR) is 162 cm³/mol. The molecule has 2 aliphatic rings. The molecule has 1 aliphatic heterocycles. The molecule has 6 rings (SSSR count). The summed E-state index contributed by atoms with van der Waals surface area (Å²) in [5.74, 6) is 0.615. The number of hydrogen-bond donors (Lipinski definition) is 3. The third-order valence-corrected chi connectivity index (χ3v) is 8.62. The first-order valence-corrected chi connectivity index (χ1v) is 15.0. The molecule has 2 aromatic carbocycles. The van der Waals surface area contributed by atoms with E-state index in [0.717, 1.165) is 59.6 Å². The van der Waals surface area contributed by atoms with E-state index in [-0.39, 0.29) is 24.6 Å². The van der Waals surface area contributed by atoms with Gasteiger partial charge in [0.05, 0.1) is 30.7 Å². The van der Waals surface area contributed by atoms with Crippen LogP contribution < -0.4 is 10.6 Å². The molecule has 3 N–H and O–H groups in total. The zero-order valence-electron chi connectivity index (χ0n) is 24.4. The summed E-state index contributed by atoms with van der Waals surface area (Å²) in [6.45, 7) is 4.78. The fraction of sp³-hybridized carbons (Fsp3) is 0.469. The third kappa shape index (κ3) is 5.54. The van der Waals surface area contributed by atoms with Crippen LogP contribution in [0.2, 0.25) is 0 Å². The van der Waals surface area contributed by atoms with Gasteiger partial charge in [-0.2, -0.15) is 0 Å². The number of aryl methyl sites for hydroxylation is 1. The number of fused-ring (bicyclic) bond motifs is 1. The lowest BCUT2D eigenvalue weighted by molar-refractivity contribution is -0.0893. The smallest absolute Gasteiger partial charge is 0.275 e. The minimum Gasteiger partial charge on any atom is -0.441 e. The van der Waals surface area contributed by atoms with Gasteiger partial charge < -0.3 is 34.4 Å². The van der Waals surface area contributed by atoms with Crippen molar-refractivity contribution >= 4 is 22.7 Å². The van der Waals surface area contributed by atoms with Crippen LogP contribution in [0.4, 0.5) is 5.69 Å². The average molecular weight is 573 g/mol. The molecule has 0 bridgehead atoms. The Balaban J connectivity index is 1.29. The summed E-state index contributed by atoms with van der Waals surface area (Å²) < 4.78 is 13.2. The number of ether oxygens (including phenoxy) is 1. The number of oxazole rings is 1. The zero-order valence-corrected chi connectivity index (χ0v) is 24.4. The standard InChI is InChI=1S/C32H40N6O4/c1-3-28-36-25-17-23(12-13-26(25)42-28)34-19-24-18-33-15-16-37(24)31(39)29-30(22-9-5-4-6-10-22)38(21-35-29)27-11-7-8-14-32(27,40)20-41-2/h4-6,9-10,12-13,17,21,24,27,33-34,40H,3,7-8,11,14-16,18-20H2,1-2H3/t24-,27+,32+/m0/s1. The molecule has 2 fully saturated rings. The normalized spacial score (nSPS) is 22.9. The number of rotatable bonds is 9. The van der Waals surface area contributed by atoms with Crippen LogP contribution in [0.1, 0.15) is 55.0 Å². The molecule has 3 atom stereocenters. The molecule has 10 nitrogen and oxygen atoms in total. The molecule has 1 saturated carbocycles. The monoisotopic (exact) mass is 572 g/mol. The molecule has 0 unspecified atom stereocenters. The van der Waals surface area contributed by atoms with Crippen LogP contribution >= 0.6 is 0 Å². The van der Waals surface area contributed by atoms with Gasteiger partial charge in [0, 0.05) is 51.0 Å². The highest BCUT2D eigenvalue weighted by Crippen LogP contribution is 2.41. The van der Waals surface area contributed by atoms with E-state index in [1.54, 1.807) is 13.4 Å². The molecule has 0 radical (unpaired) electrons. The minimum absolute atomic E-state index is 0.0839. The van der Waals surface area contributed by atoms with Crippen molar-refractivity contribution in [3.8, 4) is 11.3 Å². The quantitative estimate of drug-likeness (QED) is 0.272. The summed E-state index contributed by atoms with van der Waals surface area (Å²) in [6.07, 6.45) is 5.86. The summed E-state index contributed by atoms with van der Waals surface area (Å²) in [4.78, 5) is 25.5. The first-order valence-electron chi connectivity index (χ1n) is 15.0. The van der Waals surface area contributed by atoms with Crippen molar-refractivity contribution in [1.82, 2.24) is 24.8 Å². The van der Waals surface area contributed by atoms with E-state index in [4.69, 9.17) is 14.1 Å². The van der Waals surface area contributed by atoms with Crippen LogP contribution in [0.3, 0.4) is 0 Å². The molecular formula is C32H40N6O4. The summed E-state index contributed by atoms with van der Waals surface area (Å²) >= 11 is 0. The number of amides is 1. The number of nitrogens with one attached hydrogen (secondary N) is 2. The second-order valence-corrected chi connectivity index (χ2v) is 11.4. The van der Waals surface area contributed by atoms with Gasteiger partial charge in [0.25, 0.3) is 5.91 Å². The summed E-state index contributed by atoms with van der Waals surface area (Å²) in [5.41, 5.74) is 3.56. The van der Waals surface area contributed by atoms with Gasteiger partial charge in [0.15, 0.2) is 17.2 Å². The summed E-state index contributed by atoms with van der Waals surface area (Å²) in [5, 5.41) is 18.6. The largest absolute Gasteiger partial charge is 0.441 e. The van der Waals surface area contributed by atoms with Crippen molar-refractivity contribution < 1.29 is 19.1 Å². The SMILES string of the molecule is CCc1nc2cc(NC[C@@H]3CNCCN3C(=O)c3ncn([C@@H]4CCCC[C@@]4(O)COC)c3-c3ccccc3)ccc2o1. The van der Waals surface area contributed by atoms with Crippen LogP contribution in [0.25, 0.3) is 22.4 Å². The van der Waals surface area contributed by atoms with Crippen LogP contribution in [-0.4, -0.2) is 82.0 Å². The highest BCUT2D eigenvalue weighted by atomic mass is 16.5. The number of carbonyl (C=O) groups is 1. The zero-order chi connectivity index (χ0) is 29.1. The Morgan fingerprint density at radius 1 is 1.24 bits per heavy atom. The van der Waals surface area contributed by atoms with Gasteiger partial charge in [-0.05, 0) is 31.0 Å². The van der Waals surface area contributed by atoms with Crippen LogP contribution in [0.5, 0.6) is 0 Å². The number of piperazine rings is 1. The van der Waals surface area contributed by atoms with Crippen LogP contribution in [0, 0.1) is 0 Å². The first-order chi connectivity index (χ1) is 20.5. The maximum atomic E-state index is 14.3. The molecule has 3 heterocycles. The number of benzene rings is 2. The average Bonchev–Trinajstić information content (AvgIpc) is 3.65. The van der Waals surface area contributed by atoms with Crippen molar-refractivity contribution in [3.63, 3.8) is 0 Å². The maximum Gasteiger partial charge on any atom is 0.275 e. The van der Waals surface area contributed by atoms with Gasteiger partial charge in [-0.3, -0.25) is 4.79 Å². The van der Waals surface area contributed by atoms with E-state index in [1.165, 1.54) is 0 Å². The Morgan fingerprint density at radius 3 is 2.90 bits per heavy atom. The Kier molecular flexibility index (Phi) is 8.28. The number of aliphatic hydroxyl groups is 1. The van der Waals surface area contributed by atoms with Crippen molar-refractivity contribution in [2.75, 3.05) is 45.2 Å². The molecule has 1 amide bonds. The van der Waals surface area contributed by atoms with E-state index < -0.39 is 5.60 Å². The second kappa shape index (κ2) is 12.2. The van der Waals surface area contributed by atoms with Crippen LogP contribution in [0.15, 0.2) is 59.3 Å². The third-order valence-electron chi connectivity index (χ3n) is 8.62. The van der Waals surface area contributed by atoms with Gasteiger partial charge in [-0.15, -0.1) is 0 Å². The fourth-order valence-electron chi connectivity index (χ4n) is 6.47. The van der Waals surface area contributed by atoms with Crippen molar-refractivity contribution in [2.24, 2.45) is 0 Å². The molecule has 1 saturated heterocycles. The Labute approximate surface area is 246 Å². The van der Waals surface area contributed by atoms with Crippen LogP contribution in [-0.2, 0) is 11.2 Å². The molecule has 4 aromatic rings. The number of hydrogen-bond acceptors (Lipinski definition) is 8. The lowest BCUT2D eigenvalue weighted by Gasteiger charge is -2.41. The number of carbonyl (C=O) groups excluding carboxylic acids is 1. The Morgan fingerprint density at radius 2 is 2.10 bits per heavy atom. The van der Waals surface area contributed by atoms with Gasteiger partial charge in [0.2, 0.25) is 0 Å². The van der Waals surface area contributed by atoms with Crippen molar-refractivity contribution in [3.05, 3.63) is 66.4 Å². The lowest BCUT2D eigenvalue weighted by atomic mass is 9.80. The number of anilines is 1. The van der Waals surface area contributed by atoms with Crippen molar-refractivity contribution in [1.29, 1.82) is 0 Å². The Bertz CT molecular complexity index is 1510. The molecule has 10 heteroatoms. The number of nitrogens with zero attached hydrogens (tertiary/aromatic N) is 4. The molecule has 42 heavy (non-hydrogen) atoms.